The Labute approximate surface area is 123 Å². The molecular formula is C17H29NO2. The van der Waals surface area contributed by atoms with E-state index in [0.29, 0.717) is 0 Å². The molecule has 20 heavy (non-hydrogen) atoms. The number of methoxy groups -OCH3 is 1. The minimum atomic E-state index is 0.109. The minimum Gasteiger partial charge on any atom is -0.493 e. The summed E-state index contributed by atoms with van der Waals surface area (Å²) < 4.78 is 11.0. The summed E-state index contributed by atoms with van der Waals surface area (Å²) in [5.74, 6) is 1.05. The maximum atomic E-state index is 6.03. The van der Waals surface area contributed by atoms with Crippen LogP contribution in [0.15, 0.2) is 18.2 Å². The van der Waals surface area contributed by atoms with E-state index in [9.17, 15) is 0 Å². The second-order valence-electron chi connectivity index (χ2n) is 6.15. The van der Waals surface area contributed by atoms with Crippen LogP contribution < -0.4 is 10.1 Å². The number of hydrogen-bond donors (Lipinski definition) is 1. The summed E-state index contributed by atoms with van der Waals surface area (Å²) in [5.41, 5.74) is 2.60. The van der Waals surface area contributed by atoms with Crippen LogP contribution in [0.5, 0.6) is 5.75 Å². The third kappa shape index (κ3) is 5.51. The lowest BCUT2D eigenvalue weighted by atomic mass is 9.85. The molecule has 0 aliphatic heterocycles. The number of rotatable bonds is 8. The van der Waals surface area contributed by atoms with Gasteiger partial charge in [0.15, 0.2) is 0 Å². The van der Waals surface area contributed by atoms with Crippen molar-refractivity contribution >= 4 is 0 Å². The second-order valence-corrected chi connectivity index (χ2v) is 6.15. The van der Waals surface area contributed by atoms with E-state index >= 15 is 0 Å². The summed E-state index contributed by atoms with van der Waals surface area (Å²) in [6.45, 7) is 12.1. The van der Waals surface area contributed by atoms with E-state index < -0.39 is 0 Å². The monoisotopic (exact) mass is 279 g/mol. The molecule has 0 aliphatic rings. The highest BCUT2D eigenvalue weighted by Crippen LogP contribution is 2.33. The molecule has 0 unspecified atom stereocenters. The Morgan fingerprint density at radius 2 is 1.85 bits per heavy atom. The predicted octanol–water partition coefficient (Wildman–Crippen LogP) is 3.30. The number of nitrogens with one attached hydrogen (secondary N) is 1. The van der Waals surface area contributed by atoms with Gasteiger partial charge < -0.3 is 14.8 Å². The van der Waals surface area contributed by atoms with Gasteiger partial charge in [0.05, 0.1) is 13.2 Å². The fourth-order valence-corrected chi connectivity index (χ4v) is 2.11. The molecule has 0 saturated heterocycles. The van der Waals surface area contributed by atoms with Crippen LogP contribution in [0, 0.1) is 6.92 Å². The molecule has 0 aliphatic carbocycles. The lowest BCUT2D eigenvalue weighted by molar-refractivity contribution is 0.198. The average Bonchev–Trinajstić information content (AvgIpc) is 2.38. The first kappa shape index (κ1) is 17.0. The summed E-state index contributed by atoms with van der Waals surface area (Å²) in [4.78, 5) is 0. The average molecular weight is 279 g/mol. The SMILES string of the molecule is COCCNCCCOc1c(C)cccc1C(C)(C)C. The first-order valence-electron chi connectivity index (χ1n) is 7.39. The molecule has 114 valence electrons. The van der Waals surface area contributed by atoms with Gasteiger partial charge in [0, 0.05) is 13.7 Å². The molecule has 0 spiro atoms. The van der Waals surface area contributed by atoms with Crippen molar-refractivity contribution in [3.05, 3.63) is 29.3 Å². The van der Waals surface area contributed by atoms with Crippen molar-refractivity contribution in [2.75, 3.05) is 33.4 Å². The third-order valence-corrected chi connectivity index (χ3v) is 3.25. The zero-order valence-electron chi connectivity index (χ0n) is 13.6. The molecule has 0 fully saturated rings. The number of hydrogen-bond acceptors (Lipinski definition) is 3. The van der Waals surface area contributed by atoms with Gasteiger partial charge in [-0.3, -0.25) is 0 Å². The molecule has 1 N–H and O–H groups in total. The number of para-hydroxylation sites is 1. The molecule has 0 heterocycles. The standard InChI is InChI=1S/C17H29NO2/c1-14-8-6-9-15(17(2,3)4)16(14)20-12-7-10-18-11-13-19-5/h6,8-9,18H,7,10-13H2,1-5H3. The maximum Gasteiger partial charge on any atom is 0.125 e. The highest BCUT2D eigenvalue weighted by molar-refractivity contribution is 5.44. The van der Waals surface area contributed by atoms with Crippen molar-refractivity contribution in [2.45, 2.75) is 39.5 Å². The zero-order chi connectivity index (χ0) is 15.0. The van der Waals surface area contributed by atoms with E-state index in [1.807, 2.05) is 0 Å². The van der Waals surface area contributed by atoms with Crippen molar-refractivity contribution in [3.63, 3.8) is 0 Å². The van der Waals surface area contributed by atoms with Crippen LogP contribution in [0.2, 0.25) is 0 Å². The predicted molar refractivity (Wildman–Crippen MR) is 84.7 cm³/mol. The van der Waals surface area contributed by atoms with Crippen LogP contribution in [0.3, 0.4) is 0 Å². The van der Waals surface area contributed by atoms with Gasteiger partial charge in [-0.1, -0.05) is 39.0 Å². The fraction of sp³-hybridized carbons (Fsp3) is 0.647. The lowest BCUT2D eigenvalue weighted by Gasteiger charge is -2.24. The quantitative estimate of drug-likeness (QED) is 0.741. The largest absolute Gasteiger partial charge is 0.493 e. The zero-order valence-corrected chi connectivity index (χ0v) is 13.6. The van der Waals surface area contributed by atoms with Crippen LogP contribution in [0.1, 0.15) is 38.3 Å². The van der Waals surface area contributed by atoms with Gasteiger partial charge in [-0.15, -0.1) is 0 Å². The maximum absolute atomic E-state index is 6.03. The van der Waals surface area contributed by atoms with E-state index in [2.05, 4.69) is 51.2 Å². The van der Waals surface area contributed by atoms with Crippen molar-refractivity contribution < 1.29 is 9.47 Å². The molecule has 0 amide bonds. The van der Waals surface area contributed by atoms with Crippen molar-refractivity contribution in [3.8, 4) is 5.75 Å². The van der Waals surface area contributed by atoms with E-state index in [1.54, 1.807) is 7.11 Å². The summed E-state index contributed by atoms with van der Waals surface area (Å²) in [7, 11) is 1.72. The third-order valence-electron chi connectivity index (χ3n) is 3.25. The molecule has 0 atom stereocenters. The Hall–Kier alpha value is -1.06. The molecule has 1 aromatic carbocycles. The van der Waals surface area contributed by atoms with Gasteiger partial charge in [-0.25, -0.2) is 0 Å². The van der Waals surface area contributed by atoms with E-state index in [0.717, 1.165) is 38.5 Å². The highest BCUT2D eigenvalue weighted by Gasteiger charge is 2.19. The second kappa shape index (κ2) is 8.28. The van der Waals surface area contributed by atoms with Gasteiger partial charge in [0.1, 0.15) is 5.75 Å². The first-order valence-corrected chi connectivity index (χ1v) is 7.39. The Morgan fingerprint density at radius 3 is 2.50 bits per heavy atom. The van der Waals surface area contributed by atoms with E-state index in [1.165, 1.54) is 11.1 Å². The van der Waals surface area contributed by atoms with Gasteiger partial charge in [-0.05, 0) is 36.4 Å². The molecule has 3 nitrogen and oxygen atoms in total. The number of ether oxygens (including phenoxy) is 2. The van der Waals surface area contributed by atoms with Gasteiger partial charge in [0.2, 0.25) is 0 Å². The minimum absolute atomic E-state index is 0.109. The van der Waals surface area contributed by atoms with Crippen molar-refractivity contribution in [1.82, 2.24) is 5.32 Å². The Kier molecular flexibility index (Phi) is 7.03. The molecule has 0 saturated carbocycles. The summed E-state index contributed by atoms with van der Waals surface area (Å²) in [5, 5.41) is 3.33. The lowest BCUT2D eigenvalue weighted by Crippen LogP contribution is -2.22. The normalized spacial score (nSPS) is 11.7. The van der Waals surface area contributed by atoms with E-state index in [4.69, 9.17) is 9.47 Å². The van der Waals surface area contributed by atoms with Crippen LogP contribution in [-0.2, 0) is 10.2 Å². The van der Waals surface area contributed by atoms with Crippen LogP contribution >= 0.6 is 0 Å². The summed E-state index contributed by atoms with van der Waals surface area (Å²) >= 11 is 0. The molecule has 0 aromatic heterocycles. The first-order chi connectivity index (χ1) is 9.46. The fourth-order valence-electron chi connectivity index (χ4n) is 2.11. The Morgan fingerprint density at radius 1 is 1.10 bits per heavy atom. The van der Waals surface area contributed by atoms with E-state index in [-0.39, 0.29) is 5.41 Å². The van der Waals surface area contributed by atoms with Gasteiger partial charge in [-0.2, -0.15) is 0 Å². The smallest absolute Gasteiger partial charge is 0.125 e. The summed E-state index contributed by atoms with van der Waals surface area (Å²) in [6.07, 6.45) is 1.00. The molecule has 1 aromatic rings. The molecule has 1 rings (SSSR count). The molecule has 0 bridgehead atoms. The van der Waals surface area contributed by atoms with Crippen molar-refractivity contribution in [1.29, 1.82) is 0 Å². The van der Waals surface area contributed by atoms with Crippen LogP contribution in [0.25, 0.3) is 0 Å². The Balaban J connectivity index is 2.47. The number of aryl methyl sites for hydroxylation is 1. The van der Waals surface area contributed by atoms with Gasteiger partial charge in [0.25, 0.3) is 0 Å². The highest BCUT2D eigenvalue weighted by atomic mass is 16.5. The van der Waals surface area contributed by atoms with Crippen molar-refractivity contribution in [2.24, 2.45) is 0 Å². The van der Waals surface area contributed by atoms with Crippen LogP contribution in [0.4, 0.5) is 0 Å². The number of benzene rings is 1. The van der Waals surface area contributed by atoms with Gasteiger partial charge >= 0.3 is 0 Å². The topological polar surface area (TPSA) is 30.5 Å². The molecular weight excluding hydrogens is 250 g/mol. The van der Waals surface area contributed by atoms with Crippen LogP contribution in [-0.4, -0.2) is 33.4 Å². The summed E-state index contributed by atoms with van der Waals surface area (Å²) in [6, 6.07) is 6.38. The molecule has 0 radical (unpaired) electrons. The Bertz CT molecular complexity index is 396. The molecule has 3 heteroatoms.